The van der Waals surface area contributed by atoms with Crippen LogP contribution in [0.25, 0.3) is 0 Å². The SMILES string of the molecule is CCCNC1CC(c2sccc2C)C1(C)CC. The fourth-order valence-corrected chi connectivity index (χ4v) is 4.33. The highest BCUT2D eigenvalue weighted by Gasteiger charge is 2.51. The van der Waals surface area contributed by atoms with Gasteiger partial charge in [0.2, 0.25) is 0 Å². The Balaban J connectivity index is 2.10. The lowest BCUT2D eigenvalue weighted by atomic mass is 9.55. The van der Waals surface area contributed by atoms with E-state index in [1.165, 1.54) is 24.8 Å². The average Bonchev–Trinajstić information content (AvgIpc) is 2.73. The summed E-state index contributed by atoms with van der Waals surface area (Å²) in [6.07, 6.45) is 3.83. The lowest BCUT2D eigenvalue weighted by Gasteiger charge is -2.54. The molecule has 0 aliphatic heterocycles. The minimum Gasteiger partial charge on any atom is -0.313 e. The van der Waals surface area contributed by atoms with E-state index in [0.717, 1.165) is 18.5 Å². The topological polar surface area (TPSA) is 12.0 Å². The van der Waals surface area contributed by atoms with Crippen molar-refractivity contribution in [1.82, 2.24) is 5.32 Å². The van der Waals surface area contributed by atoms with Gasteiger partial charge < -0.3 is 5.32 Å². The van der Waals surface area contributed by atoms with Gasteiger partial charge in [-0.2, -0.15) is 0 Å². The fraction of sp³-hybridized carbons (Fsp3) is 0.733. The van der Waals surface area contributed by atoms with Gasteiger partial charge in [0.25, 0.3) is 0 Å². The first-order chi connectivity index (χ1) is 8.13. The highest BCUT2D eigenvalue weighted by Crippen LogP contribution is 2.56. The fourth-order valence-electron chi connectivity index (χ4n) is 3.13. The number of hydrogen-bond acceptors (Lipinski definition) is 2. The first-order valence-electron chi connectivity index (χ1n) is 6.90. The molecule has 2 rings (SSSR count). The minimum absolute atomic E-state index is 0.463. The predicted octanol–water partition coefficient (Wildman–Crippen LogP) is 4.33. The van der Waals surface area contributed by atoms with Crippen LogP contribution in [0.4, 0.5) is 0 Å². The third-order valence-corrected chi connectivity index (χ3v) is 5.82. The van der Waals surface area contributed by atoms with E-state index in [9.17, 15) is 0 Å². The molecule has 1 aromatic heterocycles. The molecule has 1 saturated carbocycles. The van der Waals surface area contributed by atoms with Gasteiger partial charge >= 0.3 is 0 Å². The molecule has 1 heterocycles. The summed E-state index contributed by atoms with van der Waals surface area (Å²) in [5.74, 6) is 0.779. The zero-order chi connectivity index (χ0) is 12.5. The monoisotopic (exact) mass is 251 g/mol. The van der Waals surface area contributed by atoms with Crippen molar-refractivity contribution in [1.29, 1.82) is 0 Å². The second-order valence-electron chi connectivity index (χ2n) is 5.62. The Kier molecular flexibility index (Phi) is 3.94. The molecule has 0 spiro atoms. The number of hydrogen-bond donors (Lipinski definition) is 1. The van der Waals surface area contributed by atoms with Crippen LogP contribution in [0.1, 0.15) is 56.4 Å². The average molecular weight is 251 g/mol. The van der Waals surface area contributed by atoms with Gasteiger partial charge in [-0.05, 0) is 55.2 Å². The molecule has 2 heteroatoms. The quantitative estimate of drug-likeness (QED) is 0.821. The van der Waals surface area contributed by atoms with E-state index in [0.29, 0.717) is 5.41 Å². The molecule has 1 aliphatic carbocycles. The number of thiophene rings is 1. The molecule has 0 aromatic carbocycles. The summed E-state index contributed by atoms with van der Waals surface area (Å²) in [6.45, 7) is 10.5. The van der Waals surface area contributed by atoms with E-state index in [1.54, 1.807) is 4.88 Å². The van der Waals surface area contributed by atoms with Crippen LogP contribution < -0.4 is 5.32 Å². The Bertz CT molecular complexity index is 371. The molecule has 1 fully saturated rings. The summed E-state index contributed by atoms with van der Waals surface area (Å²) in [6, 6.07) is 2.99. The van der Waals surface area contributed by atoms with Gasteiger partial charge in [-0.25, -0.2) is 0 Å². The predicted molar refractivity (Wildman–Crippen MR) is 76.9 cm³/mol. The van der Waals surface area contributed by atoms with Gasteiger partial charge in [0.15, 0.2) is 0 Å². The highest BCUT2D eigenvalue weighted by atomic mass is 32.1. The van der Waals surface area contributed by atoms with E-state index >= 15 is 0 Å². The van der Waals surface area contributed by atoms with Crippen molar-refractivity contribution in [3.05, 3.63) is 21.9 Å². The van der Waals surface area contributed by atoms with Gasteiger partial charge in [0, 0.05) is 16.8 Å². The smallest absolute Gasteiger partial charge is 0.0133 e. The van der Waals surface area contributed by atoms with Crippen molar-refractivity contribution < 1.29 is 0 Å². The normalized spacial score (nSPS) is 32.5. The molecule has 1 aromatic rings. The van der Waals surface area contributed by atoms with E-state index in [2.05, 4.69) is 44.5 Å². The van der Waals surface area contributed by atoms with Crippen LogP contribution in [0.15, 0.2) is 11.4 Å². The first-order valence-corrected chi connectivity index (χ1v) is 7.78. The Morgan fingerprint density at radius 3 is 2.76 bits per heavy atom. The van der Waals surface area contributed by atoms with Gasteiger partial charge in [-0.15, -0.1) is 11.3 Å². The molecule has 96 valence electrons. The molecular weight excluding hydrogens is 226 g/mol. The molecule has 17 heavy (non-hydrogen) atoms. The maximum Gasteiger partial charge on any atom is 0.0133 e. The van der Waals surface area contributed by atoms with Crippen molar-refractivity contribution in [3.8, 4) is 0 Å². The summed E-state index contributed by atoms with van der Waals surface area (Å²) in [5.41, 5.74) is 1.96. The molecule has 1 aliphatic rings. The van der Waals surface area contributed by atoms with Crippen molar-refractivity contribution in [2.45, 2.75) is 58.9 Å². The summed E-state index contributed by atoms with van der Waals surface area (Å²) in [7, 11) is 0. The lowest BCUT2D eigenvalue weighted by Crippen LogP contribution is -2.56. The summed E-state index contributed by atoms with van der Waals surface area (Å²) >= 11 is 1.95. The van der Waals surface area contributed by atoms with Crippen molar-refractivity contribution in [2.75, 3.05) is 6.54 Å². The van der Waals surface area contributed by atoms with Crippen molar-refractivity contribution in [2.24, 2.45) is 5.41 Å². The van der Waals surface area contributed by atoms with E-state index < -0.39 is 0 Å². The molecule has 0 saturated heterocycles. The molecule has 0 amide bonds. The van der Waals surface area contributed by atoms with Crippen LogP contribution in [0.3, 0.4) is 0 Å². The van der Waals surface area contributed by atoms with Gasteiger partial charge in [-0.3, -0.25) is 0 Å². The Labute approximate surface area is 110 Å². The van der Waals surface area contributed by atoms with Crippen LogP contribution in [0, 0.1) is 12.3 Å². The van der Waals surface area contributed by atoms with Crippen molar-refractivity contribution in [3.63, 3.8) is 0 Å². The van der Waals surface area contributed by atoms with Crippen LogP contribution in [-0.2, 0) is 0 Å². The van der Waals surface area contributed by atoms with E-state index in [4.69, 9.17) is 0 Å². The largest absolute Gasteiger partial charge is 0.313 e. The summed E-state index contributed by atoms with van der Waals surface area (Å²) < 4.78 is 0. The molecule has 3 unspecified atom stereocenters. The van der Waals surface area contributed by atoms with E-state index in [1.807, 2.05) is 11.3 Å². The zero-order valence-corrected chi connectivity index (χ0v) is 12.4. The van der Waals surface area contributed by atoms with E-state index in [-0.39, 0.29) is 0 Å². The molecule has 1 N–H and O–H groups in total. The number of rotatable bonds is 5. The first kappa shape index (κ1) is 13.1. The maximum atomic E-state index is 3.73. The van der Waals surface area contributed by atoms with Crippen molar-refractivity contribution >= 4 is 11.3 Å². The second-order valence-corrected chi connectivity index (χ2v) is 6.57. The standard InChI is InChI=1S/C15H25NS/c1-5-8-16-13-10-12(15(13,4)6-2)14-11(3)7-9-17-14/h7,9,12-13,16H,5-6,8,10H2,1-4H3. The Hall–Kier alpha value is -0.340. The number of nitrogens with one attached hydrogen (secondary N) is 1. The molecule has 3 atom stereocenters. The lowest BCUT2D eigenvalue weighted by molar-refractivity contribution is 0.0462. The van der Waals surface area contributed by atoms with Crippen LogP contribution >= 0.6 is 11.3 Å². The number of aryl methyl sites for hydroxylation is 1. The van der Waals surface area contributed by atoms with Crippen LogP contribution in [0.2, 0.25) is 0 Å². The van der Waals surface area contributed by atoms with Gasteiger partial charge in [0.05, 0.1) is 0 Å². The summed E-state index contributed by atoms with van der Waals surface area (Å²) in [4.78, 5) is 1.63. The summed E-state index contributed by atoms with van der Waals surface area (Å²) in [5, 5.41) is 5.97. The second kappa shape index (κ2) is 5.11. The zero-order valence-electron chi connectivity index (χ0n) is 11.5. The van der Waals surface area contributed by atoms with Crippen LogP contribution in [0.5, 0.6) is 0 Å². The Morgan fingerprint density at radius 2 is 2.24 bits per heavy atom. The molecule has 0 radical (unpaired) electrons. The third-order valence-electron chi connectivity index (χ3n) is 4.68. The van der Waals surface area contributed by atoms with Gasteiger partial charge in [0.1, 0.15) is 0 Å². The highest BCUT2D eigenvalue weighted by molar-refractivity contribution is 7.10. The third kappa shape index (κ3) is 2.17. The maximum absolute atomic E-state index is 3.73. The van der Waals surface area contributed by atoms with Gasteiger partial charge in [-0.1, -0.05) is 20.8 Å². The minimum atomic E-state index is 0.463. The molecule has 0 bridgehead atoms. The molecule has 1 nitrogen and oxygen atoms in total. The van der Waals surface area contributed by atoms with Crippen LogP contribution in [-0.4, -0.2) is 12.6 Å². The molecular formula is C15H25NS. The Morgan fingerprint density at radius 1 is 1.47 bits per heavy atom.